The van der Waals surface area contributed by atoms with Crippen molar-refractivity contribution in [2.24, 2.45) is 0 Å². The molecule has 1 unspecified atom stereocenters. The van der Waals surface area contributed by atoms with Gasteiger partial charge in [0.05, 0.1) is 0 Å². The smallest absolute Gasteiger partial charge is 0.0158 e. The molecule has 0 spiro atoms. The lowest BCUT2D eigenvalue weighted by Crippen LogP contribution is -2.29. The Balaban J connectivity index is 2.00. The van der Waals surface area contributed by atoms with E-state index >= 15 is 0 Å². The van der Waals surface area contributed by atoms with Gasteiger partial charge in [0.1, 0.15) is 0 Å². The van der Waals surface area contributed by atoms with E-state index in [2.05, 4.69) is 52.0 Å². The maximum absolute atomic E-state index is 2.54. The first kappa shape index (κ1) is 17.9. The molecular weight excluding hydrogens is 314 g/mol. The van der Waals surface area contributed by atoms with Crippen molar-refractivity contribution in [2.45, 2.75) is 95.3 Å². The summed E-state index contributed by atoms with van der Waals surface area (Å²) in [5.74, 6) is 0. The van der Waals surface area contributed by atoms with Crippen molar-refractivity contribution in [3.63, 3.8) is 0 Å². The molecule has 0 saturated carbocycles. The molecule has 0 bridgehead atoms. The first-order valence-electron chi connectivity index (χ1n) is 9.86. The molecule has 2 heterocycles. The highest BCUT2D eigenvalue weighted by molar-refractivity contribution is 7.73. The minimum Gasteiger partial charge on any atom is -0.0686 e. The van der Waals surface area contributed by atoms with Gasteiger partial charge in [-0.1, -0.05) is 67.8 Å². The molecule has 2 fully saturated rings. The topological polar surface area (TPSA) is 0 Å². The highest BCUT2D eigenvalue weighted by Crippen LogP contribution is 2.60. The molecule has 0 aromatic heterocycles. The van der Waals surface area contributed by atoms with E-state index < -0.39 is 0 Å². The van der Waals surface area contributed by atoms with Gasteiger partial charge in [0.15, 0.2) is 0 Å². The summed E-state index contributed by atoms with van der Waals surface area (Å²) in [5.41, 5.74) is 3.90. The van der Waals surface area contributed by atoms with Gasteiger partial charge in [-0.3, -0.25) is 0 Å². The summed E-state index contributed by atoms with van der Waals surface area (Å²) in [6, 6.07) is 9.73. The average molecular weight is 348 g/mol. The maximum Gasteiger partial charge on any atom is -0.0158 e. The zero-order chi connectivity index (χ0) is 16.4. The molecular formula is C21H34P2. The quantitative estimate of drug-likeness (QED) is 0.555. The second-order valence-electron chi connectivity index (χ2n) is 7.49. The summed E-state index contributed by atoms with van der Waals surface area (Å²) in [7, 11) is 0.135. The van der Waals surface area contributed by atoms with Crippen molar-refractivity contribution in [1.29, 1.82) is 0 Å². The summed E-state index contributed by atoms with van der Waals surface area (Å²) in [6.07, 6.45) is 10.1. The molecule has 2 aliphatic rings. The fourth-order valence-electron chi connectivity index (χ4n) is 4.96. The Kier molecular flexibility index (Phi) is 6.20. The average Bonchev–Trinajstić information content (AvgIpc) is 3.17. The van der Waals surface area contributed by atoms with Gasteiger partial charge in [-0.2, -0.15) is 0 Å². The maximum atomic E-state index is 2.54. The highest BCUT2D eigenvalue weighted by Gasteiger charge is 2.39. The molecule has 0 radical (unpaired) electrons. The van der Waals surface area contributed by atoms with Gasteiger partial charge >= 0.3 is 0 Å². The van der Waals surface area contributed by atoms with Crippen LogP contribution in [0.3, 0.4) is 0 Å². The summed E-state index contributed by atoms with van der Waals surface area (Å²) in [4.78, 5) is 0. The van der Waals surface area contributed by atoms with Crippen molar-refractivity contribution < 1.29 is 0 Å². The minimum absolute atomic E-state index is 0.0662. The van der Waals surface area contributed by atoms with Crippen LogP contribution < -0.4 is 10.6 Å². The Bertz CT molecular complexity index is 500. The van der Waals surface area contributed by atoms with Gasteiger partial charge in [-0.25, -0.2) is 0 Å². The molecule has 1 aromatic rings. The molecule has 5 atom stereocenters. The normalized spacial score (nSPS) is 35.0. The zero-order valence-electron chi connectivity index (χ0n) is 15.5. The van der Waals surface area contributed by atoms with Crippen LogP contribution in [0.2, 0.25) is 0 Å². The second-order valence-corrected chi connectivity index (χ2v) is 13.2. The largest absolute Gasteiger partial charge is 0.0686 e. The molecule has 3 rings (SSSR count). The number of hydrogen-bond acceptors (Lipinski definition) is 0. The lowest BCUT2D eigenvalue weighted by molar-refractivity contribution is 0.696. The van der Waals surface area contributed by atoms with Gasteiger partial charge in [0, 0.05) is 0 Å². The Hall–Kier alpha value is 0.0800. The molecule has 1 aromatic carbocycles. The monoisotopic (exact) mass is 348 g/mol. The van der Waals surface area contributed by atoms with E-state index in [1.54, 1.807) is 0 Å². The highest BCUT2D eigenvalue weighted by atomic mass is 31.1. The Morgan fingerprint density at radius 3 is 1.70 bits per heavy atom. The summed E-state index contributed by atoms with van der Waals surface area (Å²) in [5, 5.41) is 3.65. The molecule has 2 saturated heterocycles. The van der Waals surface area contributed by atoms with Crippen molar-refractivity contribution in [2.75, 3.05) is 0 Å². The lowest BCUT2D eigenvalue weighted by atomic mass is 10.1. The Morgan fingerprint density at radius 2 is 1.17 bits per heavy atom. The number of benzene rings is 1. The van der Waals surface area contributed by atoms with Crippen LogP contribution in [0.5, 0.6) is 0 Å². The van der Waals surface area contributed by atoms with Gasteiger partial charge in [0.25, 0.3) is 0 Å². The standard InChI is InChI=1S/C21H34P2/c1-5-17-13-12-16(4)22(17)20-10-8-9-11-21(20)23-18(6-2)14-15-19(23)7-3/h8-11,16-19H,5-7,12-15H2,1-4H3/t16-,17-,18-,19-,22?/m0/s1. The second kappa shape index (κ2) is 7.97. The predicted molar refractivity (Wildman–Crippen MR) is 110 cm³/mol. The van der Waals surface area contributed by atoms with Crippen molar-refractivity contribution >= 4 is 26.5 Å². The number of rotatable bonds is 5. The third kappa shape index (κ3) is 3.41. The van der Waals surface area contributed by atoms with Crippen LogP contribution in [0, 0.1) is 0 Å². The Morgan fingerprint density at radius 1 is 0.739 bits per heavy atom. The summed E-state index contributed by atoms with van der Waals surface area (Å²) >= 11 is 0. The molecule has 2 aliphatic heterocycles. The van der Waals surface area contributed by atoms with E-state index in [0.29, 0.717) is 0 Å². The minimum atomic E-state index is 0.0662. The number of hydrogen-bond donors (Lipinski definition) is 0. The van der Waals surface area contributed by atoms with Crippen LogP contribution in [0.15, 0.2) is 24.3 Å². The fourth-order valence-corrected chi connectivity index (χ4v) is 12.7. The summed E-state index contributed by atoms with van der Waals surface area (Å²) < 4.78 is 0. The van der Waals surface area contributed by atoms with Crippen LogP contribution in [0.1, 0.15) is 72.6 Å². The van der Waals surface area contributed by atoms with Crippen LogP contribution in [-0.4, -0.2) is 22.6 Å². The van der Waals surface area contributed by atoms with Crippen LogP contribution in [-0.2, 0) is 0 Å². The van der Waals surface area contributed by atoms with Gasteiger partial charge in [-0.15, -0.1) is 0 Å². The van der Waals surface area contributed by atoms with E-state index in [9.17, 15) is 0 Å². The first-order chi connectivity index (χ1) is 11.2. The zero-order valence-corrected chi connectivity index (χ0v) is 17.3. The van der Waals surface area contributed by atoms with Crippen molar-refractivity contribution in [3.8, 4) is 0 Å². The van der Waals surface area contributed by atoms with E-state index in [4.69, 9.17) is 0 Å². The Labute approximate surface area is 146 Å². The van der Waals surface area contributed by atoms with Crippen molar-refractivity contribution in [1.82, 2.24) is 0 Å². The van der Waals surface area contributed by atoms with Gasteiger partial charge < -0.3 is 0 Å². The van der Waals surface area contributed by atoms with E-state index in [0.717, 1.165) is 22.6 Å². The third-order valence-electron chi connectivity index (χ3n) is 6.26. The molecule has 0 N–H and O–H groups in total. The van der Waals surface area contributed by atoms with Crippen LogP contribution in [0.4, 0.5) is 0 Å². The van der Waals surface area contributed by atoms with Gasteiger partial charge in [-0.05, 0) is 78.2 Å². The predicted octanol–water partition coefficient (Wildman–Crippen LogP) is 6.21. The van der Waals surface area contributed by atoms with E-state index in [-0.39, 0.29) is 15.8 Å². The van der Waals surface area contributed by atoms with Crippen LogP contribution in [0.25, 0.3) is 0 Å². The fraction of sp³-hybridized carbons (Fsp3) is 0.714. The molecule has 0 amide bonds. The molecule has 0 nitrogen and oxygen atoms in total. The lowest BCUT2D eigenvalue weighted by Gasteiger charge is -2.32. The molecule has 128 valence electrons. The molecule has 2 heteroatoms. The van der Waals surface area contributed by atoms with E-state index in [1.807, 2.05) is 10.6 Å². The molecule has 23 heavy (non-hydrogen) atoms. The SMILES string of the molecule is CC[C@H]1CC[C@H](CC)P1c1ccccc1P1[C@@H](CC)CC[C@@H]1C. The third-order valence-corrected chi connectivity index (χ3v) is 13.8. The van der Waals surface area contributed by atoms with Gasteiger partial charge in [0.2, 0.25) is 0 Å². The van der Waals surface area contributed by atoms with Crippen LogP contribution >= 0.6 is 15.8 Å². The summed E-state index contributed by atoms with van der Waals surface area (Å²) in [6.45, 7) is 9.82. The first-order valence-corrected chi connectivity index (χ1v) is 12.8. The van der Waals surface area contributed by atoms with E-state index in [1.165, 1.54) is 44.9 Å². The van der Waals surface area contributed by atoms with Crippen molar-refractivity contribution in [3.05, 3.63) is 24.3 Å². The molecule has 0 aliphatic carbocycles.